The van der Waals surface area contributed by atoms with Crippen molar-refractivity contribution in [3.05, 3.63) is 57.6 Å². The summed E-state index contributed by atoms with van der Waals surface area (Å²) >= 11 is 3.60. The van der Waals surface area contributed by atoms with Gasteiger partial charge in [-0.1, -0.05) is 24.3 Å². The summed E-state index contributed by atoms with van der Waals surface area (Å²) in [5.41, 5.74) is 11.5. The summed E-state index contributed by atoms with van der Waals surface area (Å²) in [6, 6.07) is 12.2. The van der Waals surface area contributed by atoms with Gasteiger partial charge in [0.1, 0.15) is 0 Å². The highest BCUT2D eigenvalue weighted by Crippen LogP contribution is 2.28. The van der Waals surface area contributed by atoms with Gasteiger partial charge in [0.2, 0.25) is 0 Å². The highest BCUT2D eigenvalue weighted by molar-refractivity contribution is 9.10. The first-order valence-corrected chi connectivity index (χ1v) is 6.71. The van der Waals surface area contributed by atoms with Gasteiger partial charge in [-0.05, 0) is 58.6 Å². The molecule has 2 rings (SSSR count). The molecule has 0 saturated heterocycles. The Balaban J connectivity index is 2.19. The van der Waals surface area contributed by atoms with E-state index in [0.29, 0.717) is 0 Å². The molecule has 0 aliphatic heterocycles. The van der Waals surface area contributed by atoms with E-state index in [2.05, 4.69) is 47.2 Å². The average Bonchev–Trinajstić information content (AvgIpc) is 2.30. The molecule has 0 saturated carbocycles. The standard InChI is InChI=1S/C15H17BrN2/c1-10-7-11(2)15(13(16)8-10)18-9-12-5-3-4-6-14(12)17/h3-8,18H,9,17H2,1-2H3. The fraction of sp³-hybridized carbons (Fsp3) is 0.200. The summed E-state index contributed by atoms with van der Waals surface area (Å²) in [5.74, 6) is 0. The van der Waals surface area contributed by atoms with Crippen LogP contribution in [0.1, 0.15) is 16.7 Å². The van der Waals surface area contributed by atoms with E-state index >= 15 is 0 Å². The third-order valence-corrected chi connectivity index (χ3v) is 3.57. The maximum absolute atomic E-state index is 5.93. The maximum atomic E-state index is 5.93. The molecule has 0 amide bonds. The van der Waals surface area contributed by atoms with Crippen LogP contribution in [0.3, 0.4) is 0 Å². The number of nitrogens with two attached hydrogens (primary N) is 1. The van der Waals surface area contributed by atoms with Crippen LogP contribution >= 0.6 is 15.9 Å². The third-order valence-electron chi connectivity index (χ3n) is 2.94. The van der Waals surface area contributed by atoms with Gasteiger partial charge >= 0.3 is 0 Å². The molecule has 0 spiro atoms. The summed E-state index contributed by atoms with van der Waals surface area (Å²) in [7, 11) is 0. The molecule has 0 atom stereocenters. The summed E-state index contributed by atoms with van der Waals surface area (Å²) in [4.78, 5) is 0. The van der Waals surface area contributed by atoms with Crippen molar-refractivity contribution in [2.75, 3.05) is 11.1 Å². The Morgan fingerprint density at radius 3 is 2.56 bits per heavy atom. The molecule has 18 heavy (non-hydrogen) atoms. The summed E-state index contributed by atoms with van der Waals surface area (Å²) in [6.45, 7) is 4.93. The highest BCUT2D eigenvalue weighted by Gasteiger charge is 2.05. The first-order chi connectivity index (χ1) is 8.58. The van der Waals surface area contributed by atoms with Gasteiger partial charge < -0.3 is 11.1 Å². The molecule has 0 aliphatic rings. The number of aryl methyl sites for hydroxylation is 2. The lowest BCUT2D eigenvalue weighted by atomic mass is 10.1. The Bertz CT molecular complexity index is 541. The zero-order chi connectivity index (χ0) is 13.1. The predicted molar refractivity (Wildman–Crippen MR) is 81.8 cm³/mol. The molecule has 3 heteroatoms. The van der Waals surface area contributed by atoms with E-state index in [1.165, 1.54) is 11.1 Å². The van der Waals surface area contributed by atoms with E-state index in [9.17, 15) is 0 Å². The van der Waals surface area contributed by atoms with Gasteiger partial charge in [0.15, 0.2) is 0 Å². The first kappa shape index (κ1) is 13.0. The summed E-state index contributed by atoms with van der Waals surface area (Å²) < 4.78 is 1.09. The van der Waals surface area contributed by atoms with E-state index < -0.39 is 0 Å². The second-order valence-electron chi connectivity index (χ2n) is 4.49. The van der Waals surface area contributed by atoms with Gasteiger partial charge in [-0.2, -0.15) is 0 Å². The van der Waals surface area contributed by atoms with Gasteiger partial charge in [-0.25, -0.2) is 0 Å². The van der Waals surface area contributed by atoms with Crippen molar-refractivity contribution in [2.24, 2.45) is 0 Å². The van der Waals surface area contributed by atoms with Crippen molar-refractivity contribution >= 4 is 27.3 Å². The normalized spacial score (nSPS) is 10.4. The number of rotatable bonds is 3. The Hall–Kier alpha value is -1.48. The SMILES string of the molecule is Cc1cc(C)c(NCc2ccccc2N)c(Br)c1. The molecule has 0 unspecified atom stereocenters. The number of anilines is 2. The molecule has 2 aromatic rings. The molecular formula is C15H17BrN2. The number of benzene rings is 2. The van der Waals surface area contributed by atoms with Crippen molar-refractivity contribution in [2.45, 2.75) is 20.4 Å². The molecule has 94 valence electrons. The Morgan fingerprint density at radius 1 is 1.17 bits per heavy atom. The minimum Gasteiger partial charge on any atom is -0.398 e. The van der Waals surface area contributed by atoms with E-state index in [0.717, 1.165) is 28.0 Å². The molecule has 2 nitrogen and oxygen atoms in total. The monoisotopic (exact) mass is 304 g/mol. The van der Waals surface area contributed by atoms with Crippen LogP contribution in [0.25, 0.3) is 0 Å². The van der Waals surface area contributed by atoms with Gasteiger partial charge in [0.25, 0.3) is 0 Å². The second-order valence-corrected chi connectivity index (χ2v) is 5.35. The zero-order valence-corrected chi connectivity index (χ0v) is 12.2. The lowest BCUT2D eigenvalue weighted by Crippen LogP contribution is -2.04. The third kappa shape index (κ3) is 2.85. The zero-order valence-electron chi connectivity index (χ0n) is 10.6. The van der Waals surface area contributed by atoms with E-state index in [1.54, 1.807) is 0 Å². The lowest BCUT2D eigenvalue weighted by Gasteiger charge is -2.14. The van der Waals surface area contributed by atoms with Crippen molar-refractivity contribution < 1.29 is 0 Å². The fourth-order valence-electron chi connectivity index (χ4n) is 2.02. The number of para-hydroxylation sites is 1. The maximum Gasteiger partial charge on any atom is 0.0517 e. The van der Waals surface area contributed by atoms with Crippen LogP contribution in [-0.2, 0) is 6.54 Å². The van der Waals surface area contributed by atoms with E-state index in [-0.39, 0.29) is 0 Å². The largest absolute Gasteiger partial charge is 0.398 e. The van der Waals surface area contributed by atoms with Crippen molar-refractivity contribution in [3.8, 4) is 0 Å². The number of hydrogen-bond donors (Lipinski definition) is 2. The van der Waals surface area contributed by atoms with Crippen molar-refractivity contribution in [1.29, 1.82) is 0 Å². The quantitative estimate of drug-likeness (QED) is 0.832. The topological polar surface area (TPSA) is 38.0 Å². The molecule has 0 heterocycles. The molecule has 3 N–H and O–H groups in total. The van der Waals surface area contributed by atoms with E-state index in [4.69, 9.17) is 5.73 Å². The molecule has 0 aromatic heterocycles. The summed E-state index contributed by atoms with van der Waals surface area (Å²) in [6.07, 6.45) is 0. The summed E-state index contributed by atoms with van der Waals surface area (Å²) in [5, 5.41) is 3.44. The number of nitrogen functional groups attached to an aromatic ring is 1. The van der Waals surface area contributed by atoms with Crippen LogP contribution < -0.4 is 11.1 Å². The Kier molecular flexibility index (Phi) is 3.92. The van der Waals surface area contributed by atoms with Gasteiger partial charge in [0.05, 0.1) is 5.69 Å². The van der Waals surface area contributed by atoms with Gasteiger partial charge in [-0.15, -0.1) is 0 Å². The predicted octanol–water partition coefficient (Wildman–Crippen LogP) is 4.26. The van der Waals surface area contributed by atoms with Crippen LogP contribution in [0, 0.1) is 13.8 Å². The number of hydrogen-bond acceptors (Lipinski definition) is 2. The van der Waals surface area contributed by atoms with Crippen LogP contribution in [0.15, 0.2) is 40.9 Å². The minimum absolute atomic E-state index is 0.731. The minimum atomic E-state index is 0.731. The van der Waals surface area contributed by atoms with Crippen LogP contribution in [-0.4, -0.2) is 0 Å². The highest BCUT2D eigenvalue weighted by atomic mass is 79.9. The van der Waals surface area contributed by atoms with Crippen LogP contribution in [0.5, 0.6) is 0 Å². The fourth-order valence-corrected chi connectivity index (χ4v) is 2.83. The molecule has 2 aromatic carbocycles. The molecule has 0 radical (unpaired) electrons. The van der Waals surface area contributed by atoms with E-state index in [1.807, 2.05) is 24.3 Å². The molecule has 0 fully saturated rings. The first-order valence-electron chi connectivity index (χ1n) is 5.92. The molecular weight excluding hydrogens is 288 g/mol. The van der Waals surface area contributed by atoms with Crippen LogP contribution in [0.4, 0.5) is 11.4 Å². The van der Waals surface area contributed by atoms with Gasteiger partial charge in [-0.3, -0.25) is 0 Å². The van der Waals surface area contributed by atoms with Crippen molar-refractivity contribution in [3.63, 3.8) is 0 Å². The number of nitrogens with one attached hydrogen (secondary N) is 1. The lowest BCUT2D eigenvalue weighted by molar-refractivity contribution is 1.14. The average molecular weight is 305 g/mol. The Labute approximate surface area is 116 Å². The van der Waals surface area contributed by atoms with Gasteiger partial charge in [0, 0.05) is 16.7 Å². The smallest absolute Gasteiger partial charge is 0.0517 e. The molecule has 0 bridgehead atoms. The second kappa shape index (κ2) is 5.44. The van der Waals surface area contributed by atoms with Crippen molar-refractivity contribution in [1.82, 2.24) is 0 Å². The molecule has 0 aliphatic carbocycles. The van der Waals surface area contributed by atoms with Crippen LogP contribution in [0.2, 0.25) is 0 Å². The number of halogens is 1. The Morgan fingerprint density at radius 2 is 1.89 bits per heavy atom.